The highest BCUT2D eigenvalue weighted by atomic mass is 35.5. The highest BCUT2D eigenvalue weighted by molar-refractivity contribution is 6.33. The molecule has 8 heteroatoms. The Labute approximate surface area is 157 Å². The van der Waals surface area contributed by atoms with Crippen LogP contribution in [0.5, 0.6) is 0 Å². The molecule has 0 unspecified atom stereocenters. The maximum Gasteiger partial charge on any atom is 0.311 e. The van der Waals surface area contributed by atoms with Gasteiger partial charge in [-0.3, -0.25) is 14.4 Å². The number of halogens is 1. The number of ether oxygens (including phenoxy) is 1. The Morgan fingerprint density at radius 2 is 1.88 bits per heavy atom. The summed E-state index contributed by atoms with van der Waals surface area (Å²) in [5, 5.41) is 0.549. The number of carbonyl (C=O) groups is 3. The first-order chi connectivity index (χ1) is 12.4. The van der Waals surface area contributed by atoms with Crippen molar-refractivity contribution >= 4 is 40.8 Å². The fourth-order valence-corrected chi connectivity index (χ4v) is 3.76. The number of carbonyl (C=O) groups excluding carboxylic acids is 3. The summed E-state index contributed by atoms with van der Waals surface area (Å²) in [6.45, 7) is 4.64. The van der Waals surface area contributed by atoms with E-state index in [0.29, 0.717) is 43.4 Å². The second kappa shape index (κ2) is 7.53. The van der Waals surface area contributed by atoms with Gasteiger partial charge >= 0.3 is 5.97 Å². The van der Waals surface area contributed by atoms with Crippen LogP contribution in [0.4, 0.5) is 11.4 Å². The normalized spacial score (nSPS) is 20.5. The minimum atomic E-state index is -0.439. The molecule has 1 aromatic rings. The zero-order valence-corrected chi connectivity index (χ0v) is 15.7. The number of hydrogen-bond acceptors (Lipinski definition) is 5. The molecule has 2 aliphatic rings. The molecule has 2 fully saturated rings. The molecule has 0 bridgehead atoms. The summed E-state index contributed by atoms with van der Waals surface area (Å²) < 4.78 is 4.74. The summed E-state index contributed by atoms with van der Waals surface area (Å²) in [5.41, 5.74) is 1.56. The first kappa shape index (κ1) is 18.5. The van der Waals surface area contributed by atoms with Gasteiger partial charge in [-0.25, -0.2) is 0 Å². The smallest absolute Gasteiger partial charge is 0.311 e. The lowest BCUT2D eigenvalue weighted by atomic mass is 10.1. The lowest BCUT2D eigenvalue weighted by molar-refractivity contribution is -0.145. The third kappa shape index (κ3) is 3.62. The molecule has 0 N–H and O–H groups in total. The lowest BCUT2D eigenvalue weighted by Gasteiger charge is -2.36. The molecule has 0 radical (unpaired) electrons. The largest absolute Gasteiger partial charge is 0.469 e. The van der Waals surface area contributed by atoms with Crippen LogP contribution in [0.1, 0.15) is 13.3 Å². The first-order valence-corrected chi connectivity index (χ1v) is 8.96. The average Bonchev–Trinajstić information content (AvgIpc) is 3.03. The first-order valence-electron chi connectivity index (χ1n) is 8.59. The summed E-state index contributed by atoms with van der Waals surface area (Å²) >= 11 is 6.46. The molecular weight excluding hydrogens is 358 g/mol. The van der Waals surface area contributed by atoms with Crippen LogP contribution >= 0.6 is 11.6 Å². The fourth-order valence-electron chi connectivity index (χ4n) is 3.46. The maximum absolute atomic E-state index is 12.2. The molecule has 7 nitrogen and oxygen atoms in total. The summed E-state index contributed by atoms with van der Waals surface area (Å²) in [5.74, 6) is -0.837. The monoisotopic (exact) mass is 379 g/mol. The number of hydrogen-bond donors (Lipinski definition) is 0. The highest BCUT2D eigenvalue weighted by Gasteiger charge is 2.36. The molecule has 140 valence electrons. The molecule has 1 aromatic carbocycles. The van der Waals surface area contributed by atoms with Gasteiger partial charge in [0.15, 0.2) is 0 Å². The molecule has 2 saturated heterocycles. The van der Waals surface area contributed by atoms with Gasteiger partial charge in [0, 0.05) is 51.8 Å². The number of amides is 2. The Kier molecular flexibility index (Phi) is 5.36. The van der Waals surface area contributed by atoms with Crippen LogP contribution < -0.4 is 9.80 Å². The Morgan fingerprint density at radius 3 is 2.46 bits per heavy atom. The van der Waals surface area contributed by atoms with Crippen LogP contribution in [0.2, 0.25) is 5.02 Å². The van der Waals surface area contributed by atoms with E-state index in [9.17, 15) is 14.4 Å². The van der Waals surface area contributed by atoms with Crippen molar-refractivity contribution < 1.29 is 19.1 Å². The predicted octanol–water partition coefficient (Wildman–Crippen LogP) is 1.53. The summed E-state index contributed by atoms with van der Waals surface area (Å²) in [4.78, 5) is 40.9. The number of methoxy groups -OCH3 is 1. The molecule has 1 atom stereocenters. The van der Waals surface area contributed by atoms with Gasteiger partial charge in [-0.05, 0) is 18.2 Å². The summed E-state index contributed by atoms with van der Waals surface area (Å²) in [6, 6.07) is 5.49. The molecule has 0 spiro atoms. The average molecular weight is 380 g/mol. The number of nitrogens with zero attached hydrogens (tertiary/aromatic N) is 3. The van der Waals surface area contributed by atoms with E-state index in [2.05, 4.69) is 4.90 Å². The highest BCUT2D eigenvalue weighted by Crippen LogP contribution is 2.33. The van der Waals surface area contributed by atoms with Crippen LogP contribution in [0.25, 0.3) is 0 Å². The van der Waals surface area contributed by atoms with Crippen molar-refractivity contribution in [2.75, 3.05) is 49.6 Å². The topological polar surface area (TPSA) is 70.2 Å². The van der Waals surface area contributed by atoms with Gasteiger partial charge in [-0.1, -0.05) is 11.6 Å². The summed E-state index contributed by atoms with van der Waals surface area (Å²) in [7, 11) is 1.33. The van der Waals surface area contributed by atoms with E-state index in [1.165, 1.54) is 7.11 Å². The minimum Gasteiger partial charge on any atom is -0.469 e. The van der Waals surface area contributed by atoms with Gasteiger partial charge in [-0.15, -0.1) is 0 Å². The Hall–Kier alpha value is -2.28. The molecule has 2 amide bonds. The molecule has 2 heterocycles. The predicted molar refractivity (Wildman–Crippen MR) is 98.4 cm³/mol. The number of benzene rings is 1. The van der Waals surface area contributed by atoms with Crippen molar-refractivity contribution in [3.63, 3.8) is 0 Å². The van der Waals surface area contributed by atoms with Gasteiger partial charge in [0.1, 0.15) is 0 Å². The molecule has 26 heavy (non-hydrogen) atoms. The SMILES string of the molecule is COC(=O)[C@@H]1CC(=O)N(c2ccc(N3CCN(C(C)=O)CC3)c(Cl)c2)C1. The van der Waals surface area contributed by atoms with E-state index in [4.69, 9.17) is 16.3 Å². The Bertz CT molecular complexity index is 731. The standard InChI is InChI=1S/C18H22ClN3O4/c1-12(23)20-5-7-21(8-6-20)16-4-3-14(10-15(16)19)22-11-13(9-17(22)24)18(25)26-2/h3-4,10,13H,5-9,11H2,1-2H3/t13-/m1/s1. The van der Waals surface area contributed by atoms with Crippen LogP contribution in [0.3, 0.4) is 0 Å². The van der Waals surface area contributed by atoms with Crippen LogP contribution in [0, 0.1) is 5.92 Å². The zero-order valence-electron chi connectivity index (χ0n) is 14.9. The number of esters is 1. The van der Waals surface area contributed by atoms with Gasteiger partial charge in [-0.2, -0.15) is 0 Å². The molecular formula is C18H22ClN3O4. The number of rotatable bonds is 3. The molecule has 0 aromatic heterocycles. The van der Waals surface area contributed by atoms with Gasteiger partial charge in [0.2, 0.25) is 11.8 Å². The molecule has 0 aliphatic carbocycles. The summed E-state index contributed by atoms with van der Waals surface area (Å²) in [6.07, 6.45) is 0.152. The van der Waals surface area contributed by atoms with Crippen LogP contribution in [-0.4, -0.2) is 62.5 Å². The fraction of sp³-hybridized carbons (Fsp3) is 0.500. The van der Waals surface area contributed by atoms with E-state index in [-0.39, 0.29) is 24.2 Å². The second-order valence-corrected chi connectivity index (χ2v) is 6.96. The van der Waals surface area contributed by atoms with Crippen LogP contribution in [0.15, 0.2) is 18.2 Å². The van der Waals surface area contributed by atoms with Gasteiger partial charge in [0.25, 0.3) is 0 Å². The quantitative estimate of drug-likeness (QED) is 0.745. The lowest BCUT2D eigenvalue weighted by Crippen LogP contribution is -2.48. The second-order valence-electron chi connectivity index (χ2n) is 6.56. The third-order valence-electron chi connectivity index (χ3n) is 4.97. The maximum atomic E-state index is 12.2. The van der Waals surface area contributed by atoms with E-state index >= 15 is 0 Å². The Balaban J connectivity index is 1.71. The van der Waals surface area contributed by atoms with Crippen molar-refractivity contribution in [3.05, 3.63) is 23.2 Å². The zero-order chi connectivity index (χ0) is 18.8. The van der Waals surface area contributed by atoms with Crippen molar-refractivity contribution in [1.29, 1.82) is 0 Å². The number of piperazine rings is 1. The van der Waals surface area contributed by atoms with E-state index in [1.807, 2.05) is 17.0 Å². The van der Waals surface area contributed by atoms with Crippen molar-refractivity contribution in [3.8, 4) is 0 Å². The minimum absolute atomic E-state index is 0.0822. The van der Waals surface area contributed by atoms with Gasteiger partial charge in [0.05, 0.1) is 23.7 Å². The van der Waals surface area contributed by atoms with Gasteiger partial charge < -0.3 is 19.4 Å². The van der Waals surface area contributed by atoms with Crippen molar-refractivity contribution in [1.82, 2.24) is 4.90 Å². The Morgan fingerprint density at radius 1 is 1.19 bits per heavy atom. The third-order valence-corrected chi connectivity index (χ3v) is 5.27. The van der Waals surface area contributed by atoms with E-state index < -0.39 is 5.92 Å². The van der Waals surface area contributed by atoms with Crippen molar-refractivity contribution in [2.45, 2.75) is 13.3 Å². The van der Waals surface area contributed by atoms with Crippen molar-refractivity contribution in [2.24, 2.45) is 5.92 Å². The van der Waals surface area contributed by atoms with E-state index in [1.54, 1.807) is 17.9 Å². The van der Waals surface area contributed by atoms with E-state index in [0.717, 1.165) is 5.69 Å². The van der Waals surface area contributed by atoms with Crippen LogP contribution in [-0.2, 0) is 19.1 Å². The molecule has 0 saturated carbocycles. The number of anilines is 2. The molecule has 2 aliphatic heterocycles. The molecule has 3 rings (SSSR count).